The fourth-order valence-electron chi connectivity index (χ4n) is 2.11. The number of hydrogen-bond acceptors (Lipinski definition) is 2. The molecule has 0 atom stereocenters. The highest BCUT2D eigenvalue weighted by molar-refractivity contribution is 5.90. The van der Waals surface area contributed by atoms with Crippen molar-refractivity contribution < 1.29 is 0 Å². The summed E-state index contributed by atoms with van der Waals surface area (Å²) in [7, 11) is 0. The minimum atomic E-state index is 0.820. The van der Waals surface area contributed by atoms with Gasteiger partial charge in [0.05, 0.1) is 11.2 Å². The molecule has 0 fully saturated rings. The van der Waals surface area contributed by atoms with Crippen molar-refractivity contribution in [1.82, 2.24) is 9.55 Å². The second-order valence-electron chi connectivity index (χ2n) is 4.08. The lowest BCUT2D eigenvalue weighted by atomic mass is 10.2. The average Bonchev–Trinajstić information content (AvgIpc) is 2.75. The summed E-state index contributed by atoms with van der Waals surface area (Å²) < 4.78 is 2.17. The van der Waals surface area contributed by atoms with Crippen LogP contribution in [-0.4, -0.2) is 9.55 Å². The van der Waals surface area contributed by atoms with Crippen molar-refractivity contribution in [3.63, 3.8) is 0 Å². The van der Waals surface area contributed by atoms with Crippen LogP contribution in [0.1, 0.15) is 5.56 Å². The Bertz CT molecular complexity index is 641. The Kier molecular flexibility index (Phi) is 2.29. The first-order chi connectivity index (χ1) is 8.34. The van der Waals surface area contributed by atoms with Crippen LogP contribution >= 0.6 is 0 Å². The number of para-hydroxylation sites is 1. The lowest BCUT2D eigenvalue weighted by molar-refractivity contribution is 0.835. The van der Waals surface area contributed by atoms with Gasteiger partial charge in [-0.15, -0.1) is 0 Å². The number of nitrogens with zero attached hydrogens (tertiary/aromatic N) is 2. The highest BCUT2D eigenvalue weighted by Gasteiger charge is 2.04. The van der Waals surface area contributed by atoms with E-state index >= 15 is 0 Å². The maximum absolute atomic E-state index is 6.02. The van der Waals surface area contributed by atoms with Gasteiger partial charge in [-0.2, -0.15) is 0 Å². The summed E-state index contributed by atoms with van der Waals surface area (Å²) in [5.41, 5.74) is 9.17. The summed E-state index contributed by atoms with van der Waals surface area (Å²) in [6, 6.07) is 12.1. The van der Waals surface area contributed by atoms with E-state index in [4.69, 9.17) is 5.73 Å². The van der Waals surface area contributed by atoms with Crippen molar-refractivity contribution in [2.75, 3.05) is 5.73 Å². The van der Waals surface area contributed by atoms with E-state index < -0.39 is 0 Å². The highest BCUT2D eigenvalue weighted by atomic mass is 15.0. The average molecular weight is 223 g/mol. The number of aromatic nitrogens is 2. The fraction of sp³-hybridized carbons (Fsp3) is 0.0714. The molecular weight excluding hydrogens is 210 g/mol. The summed E-state index contributed by atoms with van der Waals surface area (Å²) in [6.07, 6.45) is 5.69. The Balaban J connectivity index is 2.07. The first kappa shape index (κ1) is 9.90. The zero-order valence-electron chi connectivity index (χ0n) is 9.38. The Labute approximate surface area is 99.5 Å². The lowest BCUT2D eigenvalue weighted by Gasteiger charge is -2.07. The first-order valence-electron chi connectivity index (χ1n) is 5.57. The molecule has 0 aliphatic carbocycles. The number of fused-ring (bicyclic) bond motifs is 1. The maximum Gasteiger partial charge on any atom is 0.0716 e. The van der Waals surface area contributed by atoms with Gasteiger partial charge in [0, 0.05) is 30.5 Å². The number of anilines is 1. The topological polar surface area (TPSA) is 43.8 Å². The van der Waals surface area contributed by atoms with Gasteiger partial charge >= 0.3 is 0 Å². The standard InChI is InChI=1S/C14H13N3/c15-13-3-1-2-12-6-9-17(14(12)13)10-11-4-7-16-8-5-11/h1-9H,10,15H2. The third-order valence-electron chi connectivity index (χ3n) is 2.92. The molecule has 0 aliphatic heterocycles. The number of hydrogen-bond donors (Lipinski definition) is 1. The van der Waals surface area contributed by atoms with Crippen molar-refractivity contribution in [3.05, 3.63) is 60.6 Å². The van der Waals surface area contributed by atoms with E-state index in [-0.39, 0.29) is 0 Å². The summed E-state index contributed by atoms with van der Waals surface area (Å²) in [4.78, 5) is 4.02. The smallest absolute Gasteiger partial charge is 0.0716 e. The summed E-state index contributed by atoms with van der Waals surface area (Å²) in [6.45, 7) is 0.820. The summed E-state index contributed by atoms with van der Waals surface area (Å²) in [5.74, 6) is 0. The molecule has 3 aromatic rings. The molecule has 0 bridgehead atoms. The van der Waals surface area contributed by atoms with Crippen LogP contribution in [0.25, 0.3) is 10.9 Å². The van der Waals surface area contributed by atoms with Gasteiger partial charge in [-0.25, -0.2) is 0 Å². The molecule has 1 aromatic carbocycles. The molecular formula is C14H13N3. The van der Waals surface area contributed by atoms with Gasteiger partial charge in [-0.1, -0.05) is 12.1 Å². The number of pyridine rings is 1. The molecule has 3 rings (SSSR count). The first-order valence-corrected chi connectivity index (χ1v) is 5.57. The molecule has 0 saturated heterocycles. The van der Waals surface area contributed by atoms with Crippen LogP contribution < -0.4 is 5.73 Å². The monoisotopic (exact) mass is 223 g/mol. The Morgan fingerprint density at radius 2 is 1.88 bits per heavy atom. The van der Waals surface area contributed by atoms with Crippen LogP contribution in [0.3, 0.4) is 0 Å². The van der Waals surface area contributed by atoms with Crippen LogP contribution in [0.4, 0.5) is 5.69 Å². The van der Waals surface area contributed by atoms with Gasteiger partial charge in [0.1, 0.15) is 0 Å². The predicted molar refractivity (Wildman–Crippen MR) is 69.7 cm³/mol. The molecule has 17 heavy (non-hydrogen) atoms. The molecule has 0 aliphatic rings. The van der Waals surface area contributed by atoms with Crippen LogP contribution in [0.5, 0.6) is 0 Å². The van der Waals surface area contributed by atoms with Crippen molar-refractivity contribution >= 4 is 16.6 Å². The second kappa shape index (κ2) is 3.94. The van der Waals surface area contributed by atoms with E-state index in [9.17, 15) is 0 Å². The third kappa shape index (κ3) is 1.76. The number of benzene rings is 1. The van der Waals surface area contributed by atoms with Gasteiger partial charge in [-0.05, 0) is 29.8 Å². The van der Waals surface area contributed by atoms with Gasteiger partial charge in [-0.3, -0.25) is 4.98 Å². The van der Waals surface area contributed by atoms with E-state index in [0.29, 0.717) is 0 Å². The van der Waals surface area contributed by atoms with E-state index in [1.165, 1.54) is 10.9 Å². The molecule has 0 unspecified atom stereocenters. The Morgan fingerprint density at radius 3 is 2.71 bits per heavy atom. The predicted octanol–water partition coefficient (Wildman–Crippen LogP) is 2.67. The quantitative estimate of drug-likeness (QED) is 0.679. The van der Waals surface area contributed by atoms with Crippen LogP contribution in [-0.2, 0) is 6.54 Å². The third-order valence-corrected chi connectivity index (χ3v) is 2.92. The fourth-order valence-corrected chi connectivity index (χ4v) is 2.11. The zero-order valence-corrected chi connectivity index (χ0v) is 9.38. The van der Waals surface area contributed by atoms with Crippen LogP contribution in [0, 0.1) is 0 Å². The van der Waals surface area contributed by atoms with Crippen LogP contribution in [0.2, 0.25) is 0 Å². The summed E-state index contributed by atoms with van der Waals surface area (Å²) >= 11 is 0. The molecule has 0 saturated carbocycles. The lowest BCUT2D eigenvalue weighted by Crippen LogP contribution is -2.00. The summed E-state index contributed by atoms with van der Waals surface area (Å²) in [5, 5.41) is 1.18. The van der Waals surface area contributed by atoms with Crippen molar-refractivity contribution in [2.45, 2.75) is 6.54 Å². The van der Waals surface area contributed by atoms with E-state index in [1.54, 1.807) is 0 Å². The van der Waals surface area contributed by atoms with Gasteiger partial charge < -0.3 is 10.3 Å². The Morgan fingerprint density at radius 1 is 1.06 bits per heavy atom. The Hall–Kier alpha value is -2.29. The molecule has 3 nitrogen and oxygen atoms in total. The number of rotatable bonds is 2. The molecule has 0 spiro atoms. The van der Waals surface area contributed by atoms with E-state index in [0.717, 1.165) is 17.7 Å². The number of nitrogen functional groups attached to an aromatic ring is 1. The van der Waals surface area contributed by atoms with Crippen molar-refractivity contribution in [3.8, 4) is 0 Å². The minimum Gasteiger partial charge on any atom is -0.397 e. The largest absolute Gasteiger partial charge is 0.397 e. The van der Waals surface area contributed by atoms with Crippen molar-refractivity contribution in [1.29, 1.82) is 0 Å². The molecule has 0 radical (unpaired) electrons. The van der Waals surface area contributed by atoms with Gasteiger partial charge in [0.25, 0.3) is 0 Å². The van der Waals surface area contributed by atoms with Crippen LogP contribution in [0.15, 0.2) is 55.0 Å². The molecule has 0 amide bonds. The SMILES string of the molecule is Nc1cccc2ccn(Cc3ccncc3)c12. The van der Waals surface area contributed by atoms with Crippen molar-refractivity contribution in [2.24, 2.45) is 0 Å². The number of nitrogens with two attached hydrogens (primary N) is 1. The molecule has 2 aromatic heterocycles. The second-order valence-corrected chi connectivity index (χ2v) is 4.08. The van der Waals surface area contributed by atoms with E-state index in [2.05, 4.69) is 27.9 Å². The molecule has 3 heteroatoms. The van der Waals surface area contributed by atoms with E-state index in [1.807, 2.05) is 36.7 Å². The highest BCUT2D eigenvalue weighted by Crippen LogP contribution is 2.22. The molecule has 2 N–H and O–H groups in total. The van der Waals surface area contributed by atoms with Gasteiger partial charge in [0.2, 0.25) is 0 Å². The molecule has 84 valence electrons. The molecule has 2 heterocycles. The normalized spacial score (nSPS) is 10.8. The minimum absolute atomic E-state index is 0.820. The maximum atomic E-state index is 6.02. The zero-order chi connectivity index (χ0) is 11.7. The van der Waals surface area contributed by atoms with Gasteiger partial charge in [0.15, 0.2) is 0 Å².